The number of aromatic carboxylic acids is 1. The van der Waals surface area contributed by atoms with Gasteiger partial charge in [0, 0.05) is 47.2 Å². The van der Waals surface area contributed by atoms with E-state index in [-0.39, 0.29) is 11.5 Å². The SMILES string of the molecule is COc1ccc(Nc2nc(-c3cccc(C(=O)Nc4ccc(C(=O)O)cc4)c3)cn3ccnc23)cc1OC. The highest BCUT2D eigenvalue weighted by atomic mass is 16.5. The maximum Gasteiger partial charge on any atom is 0.335 e. The normalized spacial score (nSPS) is 10.7. The second kappa shape index (κ2) is 10.3. The van der Waals surface area contributed by atoms with Crippen molar-refractivity contribution in [3.05, 3.63) is 96.4 Å². The standard InChI is InChI=1S/C28H23N5O5/c1-37-23-11-10-21(15-24(23)38-2)30-25-26-29-12-13-33(26)16-22(32-25)18-4-3-5-19(14-18)27(34)31-20-8-6-17(7-9-20)28(35)36/h3-16H,1-2H3,(H,30,32)(H,31,34)(H,35,36). The predicted molar refractivity (Wildman–Crippen MR) is 143 cm³/mol. The van der Waals surface area contributed by atoms with Crippen molar-refractivity contribution < 1.29 is 24.2 Å². The van der Waals surface area contributed by atoms with Crippen LogP contribution in [-0.2, 0) is 0 Å². The van der Waals surface area contributed by atoms with Gasteiger partial charge in [0.25, 0.3) is 5.91 Å². The summed E-state index contributed by atoms with van der Waals surface area (Å²) in [4.78, 5) is 33.2. The lowest BCUT2D eigenvalue weighted by Gasteiger charge is -2.13. The first kappa shape index (κ1) is 24.3. The fraction of sp³-hybridized carbons (Fsp3) is 0.0714. The molecular weight excluding hydrogens is 486 g/mol. The molecule has 0 spiro atoms. The van der Waals surface area contributed by atoms with E-state index in [1.54, 1.807) is 62.9 Å². The van der Waals surface area contributed by atoms with E-state index in [1.165, 1.54) is 12.1 Å². The highest BCUT2D eigenvalue weighted by Gasteiger charge is 2.14. The number of carboxylic acids is 1. The van der Waals surface area contributed by atoms with Crippen LogP contribution in [0.5, 0.6) is 11.5 Å². The molecule has 0 saturated carbocycles. The molecule has 190 valence electrons. The smallest absolute Gasteiger partial charge is 0.335 e. The largest absolute Gasteiger partial charge is 0.493 e. The number of aromatic nitrogens is 3. The molecule has 3 N–H and O–H groups in total. The van der Waals surface area contributed by atoms with Crippen molar-refractivity contribution in [3.8, 4) is 22.8 Å². The third kappa shape index (κ3) is 4.96. The minimum Gasteiger partial charge on any atom is -0.493 e. The Morgan fingerprint density at radius 2 is 1.66 bits per heavy atom. The summed E-state index contributed by atoms with van der Waals surface area (Å²) in [7, 11) is 3.15. The molecule has 10 heteroatoms. The minimum atomic E-state index is -1.03. The van der Waals surface area contributed by atoms with Crippen molar-refractivity contribution in [1.29, 1.82) is 0 Å². The molecule has 0 aliphatic carbocycles. The second-order valence-electron chi connectivity index (χ2n) is 8.25. The molecule has 0 unspecified atom stereocenters. The van der Waals surface area contributed by atoms with Gasteiger partial charge in [-0.15, -0.1) is 0 Å². The van der Waals surface area contributed by atoms with E-state index in [4.69, 9.17) is 19.6 Å². The summed E-state index contributed by atoms with van der Waals surface area (Å²) < 4.78 is 12.6. The molecule has 10 nitrogen and oxygen atoms in total. The molecule has 2 aromatic heterocycles. The van der Waals surface area contributed by atoms with Crippen molar-refractivity contribution in [2.24, 2.45) is 0 Å². The number of carbonyl (C=O) groups excluding carboxylic acids is 1. The third-order valence-electron chi connectivity index (χ3n) is 5.83. The van der Waals surface area contributed by atoms with Crippen LogP contribution < -0.4 is 20.1 Å². The molecular formula is C28H23N5O5. The summed E-state index contributed by atoms with van der Waals surface area (Å²) in [5.41, 5.74) is 3.77. The number of nitrogens with one attached hydrogen (secondary N) is 2. The number of carbonyl (C=O) groups is 2. The van der Waals surface area contributed by atoms with Gasteiger partial charge in [-0.05, 0) is 48.5 Å². The van der Waals surface area contributed by atoms with Gasteiger partial charge in [-0.2, -0.15) is 0 Å². The van der Waals surface area contributed by atoms with Crippen LogP contribution >= 0.6 is 0 Å². The summed E-state index contributed by atoms with van der Waals surface area (Å²) in [5.74, 6) is 0.344. The summed E-state index contributed by atoms with van der Waals surface area (Å²) in [6.45, 7) is 0. The number of carboxylic acid groups (broad SMARTS) is 1. The number of amides is 1. The van der Waals surface area contributed by atoms with Gasteiger partial charge in [0.2, 0.25) is 0 Å². The number of fused-ring (bicyclic) bond motifs is 1. The van der Waals surface area contributed by atoms with E-state index in [9.17, 15) is 9.59 Å². The monoisotopic (exact) mass is 509 g/mol. The fourth-order valence-corrected chi connectivity index (χ4v) is 3.92. The van der Waals surface area contributed by atoms with Crippen molar-refractivity contribution in [1.82, 2.24) is 14.4 Å². The van der Waals surface area contributed by atoms with Gasteiger partial charge in [-0.3, -0.25) is 4.79 Å². The maximum absolute atomic E-state index is 12.9. The molecule has 5 rings (SSSR count). The van der Waals surface area contributed by atoms with Crippen LogP contribution in [0.2, 0.25) is 0 Å². The Hall–Kier alpha value is -5.38. The maximum atomic E-state index is 12.9. The summed E-state index contributed by atoms with van der Waals surface area (Å²) in [6, 6.07) is 18.5. The van der Waals surface area contributed by atoms with Gasteiger partial charge in [0.05, 0.1) is 25.5 Å². The molecule has 2 heterocycles. The minimum absolute atomic E-state index is 0.142. The zero-order valence-corrected chi connectivity index (χ0v) is 20.5. The highest BCUT2D eigenvalue weighted by molar-refractivity contribution is 6.05. The Balaban J connectivity index is 1.44. The van der Waals surface area contributed by atoms with E-state index in [1.807, 2.05) is 28.9 Å². The highest BCUT2D eigenvalue weighted by Crippen LogP contribution is 2.32. The van der Waals surface area contributed by atoms with Gasteiger partial charge in [0.15, 0.2) is 23.0 Å². The quantitative estimate of drug-likeness (QED) is 0.263. The number of benzene rings is 3. The second-order valence-corrected chi connectivity index (χ2v) is 8.25. The summed E-state index contributed by atoms with van der Waals surface area (Å²) in [6.07, 6.45) is 5.33. The number of hydrogen-bond acceptors (Lipinski definition) is 7. The van der Waals surface area contributed by atoms with Gasteiger partial charge in [-0.1, -0.05) is 12.1 Å². The van der Waals surface area contributed by atoms with E-state index in [0.717, 1.165) is 11.3 Å². The number of anilines is 3. The number of nitrogens with zero attached hydrogens (tertiary/aromatic N) is 3. The van der Waals surface area contributed by atoms with Crippen LogP contribution in [0.3, 0.4) is 0 Å². The zero-order valence-electron chi connectivity index (χ0n) is 20.5. The number of hydrogen-bond donors (Lipinski definition) is 3. The topological polar surface area (TPSA) is 127 Å². The first-order chi connectivity index (χ1) is 18.4. The van der Waals surface area contributed by atoms with E-state index < -0.39 is 5.97 Å². The molecule has 0 aliphatic heterocycles. The van der Waals surface area contributed by atoms with Gasteiger partial charge in [-0.25, -0.2) is 14.8 Å². The molecule has 38 heavy (non-hydrogen) atoms. The number of methoxy groups -OCH3 is 2. The number of ether oxygens (including phenoxy) is 2. The van der Waals surface area contributed by atoms with E-state index >= 15 is 0 Å². The van der Waals surface area contributed by atoms with Crippen molar-refractivity contribution in [3.63, 3.8) is 0 Å². The Morgan fingerprint density at radius 3 is 2.39 bits per heavy atom. The Kier molecular flexibility index (Phi) is 6.60. The van der Waals surface area contributed by atoms with Crippen LogP contribution in [0.15, 0.2) is 85.3 Å². The lowest BCUT2D eigenvalue weighted by Crippen LogP contribution is -2.12. The van der Waals surface area contributed by atoms with Gasteiger partial charge >= 0.3 is 5.97 Å². The van der Waals surface area contributed by atoms with E-state index in [0.29, 0.717) is 39.9 Å². The summed E-state index contributed by atoms with van der Waals surface area (Å²) >= 11 is 0. The van der Waals surface area contributed by atoms with Gasteiger partial charge in [0.1, 0.15) is 0 Å². The molecule has 0 radical (unpaired) electrons. The molecule has 0 fully saturated rings. The van der Waals surface area contributed by atoms with Crippen molar-refractivity contribution >= 4 is 34.7 Å². The first-order valence-electron chi connectivity index (χ1n) is 11.5. The van der Waals surface area contributed by atoms with Crippen LogP contribution in [0.1, 0.15) is 20.7 Å². The third-order valence-corrected chi connectivity index (χ3v) is 5.83. The van der Waals surface area contributed by atoms with Crippen molar-refractivity contribution in [2.45, 2.75) is 0 Å². The lowest BCUT2D eigenvalue weighted by molar-refractivity contribution is 0.0696. The molecule has 0 saturated heterocycles. The molecule has 5 aromatic rings. The molecule has 0 bridgehead atoms. The molecule has 0 aliphatic rings. The van der Waals surface area contributed by atoms with Crippen LogP contribution in [0.25, 0.3) is 16.9 Å². The van der Waals surface area contributed by atoms with E-state index in [2.05, 4.69) is 15.6 Å². The lowest BCUT2D eigenvalue weighted by atomic mass is 10.1. The fourth-order valence-electron chi connectivity index (χ4n) is 3.92. The van der Waals surface area contributed by atoms with Crippen molar-refractivity contribution in [2.75, 3.05) is 24.9 Å². The van der Waals surface area contributed by atoms with Crippen LogP contribution in [-0.4, -0.2) is 45.6 Å². The Bertz CT molecular complexity index is 1650. The average Bonchev–Trinajstić information content (AvgIpc) is 3.42. The number of rotatable bonds is 8. The summed E-state index contributed by atoms with van der Waals surface area (Å²) in [5, 5.41) is 15.2. The number of imidazole rings is 1. The predicted octanol–water partition coefficient (Wildman–Crippen LogP) is 5.11. The molecule has 3 aromatic carbocycles. The average molecular weight is 510 g/mol. The Labute approximate surface area is 217 Å². The van der Waals surface area contributed by atoms with Crippen LogP contribution in [0, 0.1) is 0 Å². The van der Waals surface area contributed by atoms with Crippen LogP contribution in [0.4, 0.5) is 17.2 Å². The first-order valence-corrected chi connectivity index (χ1v) is 11.5. The molecule has 0 atom stereocenters. The molecule has 1 amide bonds. The zero-order chi connectivity index (χ0) is 26.6. The van der Waals surface area contributed by atoms with Gasteiger partial charge < -0.3 is 29.6 Å². The Morgan fingerprint density at radius 1 is 0.895 bits per heavy atom.